The lowest BCUT2D eigenvalue weighted by Gasteiger charge is -2.08. The van der Waals surface area contributed by atoms with Gasteiger partial charge in [-0.2, -0.15) is 0 Å². The summed E-state index contributed by atoms with van der Waals surface area (Å²) in [6.07, 6.45) is 2.96. The standard InChI is InChI=1S/C12H10Br2N2O4S/c1-7-5-15-11(3-9(7)13)19-21(17,18)20-12-4-10(14)8(2)6-16-12/h3-6H,1-2H3. The first-order valence-corrected chi connectivity index (χ1v) is 8.57. The second kappa shape index (κ2) is 6.29. The highest BCUT2D eigenvalue weighted by Gasteiger charge is 2.18. The molecule has 2 aromatic heterocycles. The lowest BCUT2D eigenvalue weighted by molar-refractivity contribution is 0.381. The molecule has 6 nitrogen and oxygen atoms in total. The van der Waals surface area contributed by atoms with Crippen LogP contribution in [0.1, 0.15) is 11.1 Å². The minimum Gasteiger partial charge on any atom is -0.332 e. The highest BCUT2D eigenvalue weighted by Crippen LogP contribution is 2.23. The molecular formula is C12H10Br2N2O4S. The molecule has 0 spiro atoms. The van der Waals surface area contributed by atoms with E-state index in [-0.39, 0.29) is 11.8 Å². The zero-order valence-corrected chi connectivity index (χ0v) is 15.0. The quantitative estimate of drug-likeness (QED) is 0.729. The SMILES string of the molecule is Cc1cnc(OS(=O)(=O)Oc2cc(Br)c(C)cn2)cc1Br. The van der Waals surface area contributed by atoms with E-state index in [1.807, 2.05) is 13.8 Å². The van der Waals surface area contributed by atoms with Gasteiger partial charge in [0, 0.05) is 33.5 Å². The van der Waals surface area contributed by atoms with Crippen LogP contribution in [0.2, 0.25) is 0 Å². The van der Waals surface area contributed by atoms with E-state index in [0.29, 0.717) is 8.95 Å². The number of aryl methyl sites for hydroxylation is 2. The second-order valence-electron chi connectivity index (χ2n) is 4.12. The number of hydrogen-bond acceptors (Lipinski definition) is 6. The van der Waals surface area contributed by atoms with E-state index in [1.54, 1.807) is 0 Å². The molecule has 21 heavy (non-hydrogen) atoms. The average molecular weight is 438 g/mol. The number of halogens is 2. The molecule has 2 aromatic rings. The number of nitrogens with zero attached hydrogens (tertiary/aromatic N) is 2. The lowest BCUT2D eigenvalue weighted by atomic mass is 10.3. The largest absolute Gasteiger partial charge is 0.504 e. The summed E-state index contributed by atoms with van der Waals surface area (Å²) in [5.41, 5.74) is 1.70. The molecule has 0 aliphatic rings. The van der Waals surface area contributed by atoms with Crippen LogP contribution < -0.4 is 8.37 Å². The van der Waals surface area contributed by atoms with E-state index < -0.39 is 10.4 Å². The molecular weight excluding hydrogens is 428 g/mol. The fourth-order valence-electron chi connectivity index (χ4n) is 1.28. The molecule has 0 saturated heterocycles. The van der Waals surface area contributed by atoms with Gasteiger partial charge in [-0.25, -0.2) is 9.97 Å². The van der Waals surface area contributed by atoms with Crippen molar-refractivity contribution in [1.82, 2.24) is 9.97 Å². The number of aromatic nitrogens is 2. The van der Waals surface area contributed by atoms with Crippen molar-refractivity contribution in [3.63, 3.8) is 0 Å². The molecule has 2 rings (SSSR count). The van der Waals surface area contributed by atoms with Gasteiger partial charge >= 0.3 is 10.4 Å². The summed E-state index contributed by atoms with van der Waals surface area (Å²) >= 11 is 6.53. The zero-order chi connectivity index (χ0) is 15.6. The molecule has 112 valence electrons. The summed E-state index contributed by atoms with van der Waals surface area (Å²) in [4.78, 5) is 7.71. The summed E-state index contributed by atoms with van der Waals surface area (Å²) in [5, 5.41) is 0. The third-order valence-electron chi connectivity index (χ3n) is 2.40. The van der Waals surface area contributed by atoms with Gasteiger partial charge in [-0.15, -0.1) is 8.42 Å². The zero-order valence-electron chi connectivity index (χ0n) is 11.0. The number of hydrogen-bond donors (Lipinski definition) is 0. The van der Waals surface area contributed by atoms with Gasteiger partial charge < -0.3 is 8.37 Å². The van der Waals surface area contributed by atoms with E-state index >= 15 is 0 Å². The maximum absolute atomic E-state index is 11.8. The van der Waals surface area contributed by atoms with Crippen LogP contribution in [0.3, 0.4) is 0 Å². The fraction of sp³-hybridized carbons (Fsp3) is 0.167. The Kier molecular flexibility index (Phi) is 4.84. The Bertz CT molecular complexity index is 721. The monoisotopic (exact) mass is 436 g/mol. The molecule has 0 bridgehead atoms. The molecule has 0 aliphatic heterocycles. The first-order valence-electron chi connectivity index (χ1n) is 5.65. The van der Waals surface area contributed by atoms with E-state index in [1.165, 1.54) is 24.5 Å². The smallest absolute Gasteiger partial charge is 0.332 e. The molecule has 0 fully saturated rings. The molecule has 0 atom stereocenters. The molecule has 2 heterocycles. The number of rotatable bonds is 4. The third kappa shape index (κ3) is 4.39. The van der Waals surface area contributed by atoms with E-state index in [9.17, 15) is 8.42 Å². The van der Waals surface area contributed by atoms with Crippen molar-refractivity contribution >= 4 is 42.3 Å². The van der Waals surface area contributed by atoms with Crippen molar-refractivity contribution in [3.8, 4) is 11.8 Å². The summed E-state index contributed by atoms with van der Waals surface area (Å²) in [6, 6.07) is 2.88. The second-order valence-corrected chi connectivity index (χ2v) is 6.98. The van der Waals surface area contributed by atoms with Crippen LogP contribution >= 0.6 is 31.9 Å². The molecule has 0 saturated carbocycles. The van der Waals surface area contributed by atoms with Gasteiger partial charge in [-0.05, 0) is 25.0 Å². The summed E-state index contributed by atoms with van der Waals surface area (Å²) in [5.74, 6) is -0.197. The normalized spacial score (nSPS) is 11.2. The molecule has 0 unspecified atom stereocenters. The summed E-state index contributed by atoms with van der Waals surface area (Å²) in [6.45, 7) is 3.64. The molecule has 9 heteroatoms. The van der Waals surface area contributed by atoms with Crippen LogP contribution in [0.15, 0.2) is 33.5 Å². The van der Waals surface area contributed by atoms with Gasteiger partial charge in [-0.1, -0.05) is 31.9 Å². The highest BCUT2D eigenvalue weighted by atomic mass is 79.9. The Balaban J connectivity index is 2.18. The topological polar surface area (TPSA) is 78.4 Å². The average Bonchev–Trinajstić information content (AvgIpc) is 2.37. The van der Waals surface area contributed by atoms with Gasteiger partial charge in [0.25, 0.3) is 0 Å². The Hall–Kier alpha value is -1.19. The van der Waals surface area contributed by atoms with Gasteiger partial charge in [0.15, 0.2) is 0 Å². The minimum absolute atomic E-state index is 0.0985. The van der Waals surface area contributed by atoms with Crippen LogP contribution in [0.5, 0.6) is 11.8 Å². The van der Waals surface area contributed by atoms with Gasteiger partial charge in [0.2, 0.25) is 11.8 Å². The van der Waals surface area contributed by atoms with Gasteiger partial charge in [0.05, 0.1) is 0 Å². The van der Waals surface area contributed by atoms with E-state index in [0.717, 1.165) is 11.1 Å². The molecule has 0 aromatic carbocycles. The molecule has 0 aliphatic carbocycles. The fourth-order valence-corrected chi connectivity index (χ4v) is 2.51. The number of pyridine rings is 2. The Morgan fingerprint density at radius 1 is 0.905 bits per heavy atom. The minimum atomic E-state index is -4.31. The van der Waals surface area contributed by atoms with Crippen LogP contribution in [0.25, 0.3) is 0 Å². The first-order chi connectivity index (χ1) is 9.77. The Labute approximate surface area is 139 Å². The predicted octanol–water partition coefficient (Wildman–Crippen LogP) is 3.32. The van der Waals surface area contributed by atoms with Crippen LogP contribution in [0.4, 0.5) is 0 Å². The van der Waals surface area contributed by atoms with Crippen LogP contribution in [0, 0.1) is 13.8 Å². The van der Waals surface area contributed by atoms with Crippen molar-refractivity contribution in [2.45, 2.75) is 13.8 Å². The maximum Gasteiger partial charge on any atom is 0.504 e. The molecule has 0 N–H and O–H groups in total. The van der Waals surface area contributed by atoms with Crippen molar-refractivity contribution < 1.29 is 16.8 Å². The van der Waals surface area contributed by atoms with Gasteiger partial charge in [-0.3, -0.25) is 0 Å². The maximum atomic E-state index is 11.8. The summed E-state index contributed by atoms with van der Waals surface area (Å²) in [7, 11) is -4.31. The first kappa shape index (κ1) is 16.2. The Morgan fingerprint density at radius 2 is 1.29 bits per heavy atom. The lowest BCUT2D eigenvalue weighted by Crippen LogP contribution is -2.17. The van der Waals surface area contributed by atoms with E-state index in [4.69, 9.17) is 8.37 Å². The van der Waals surface area contributed by atoms with Crippen molar-refractivity contribution in [2.24, 2.45) is 0 Å². The molecule has 0 amide bonds. The van der Waals surface area contributed by atoms with Gasteiger partial charge in [0.1, 0.15) is 0 Å². The molecule has 0 radical (unpaired) electrons. The summed E-state index contributed by atoms with van der Waals surface area (Å²) < 4.78 is 34.5. The van der Waals surface area contributed by atoms with Crippen molar-refractivity contribution in [3.05, 3.63) is 44.6 Å². The van der Waals surface area contributed by atoms with E-state index in [2.05, 4.69) is 41.8 Å². The third-order valence-corrected chi connectivity index (χ3v) is 4.86. The highest BCUT2D eigenvalue weighted by molar-refractivity contribution is 9.10. The van der Waals surface area contributed by atoms with Crippen molar-refractivity contribution in [2.75, 3.05) is 0 Å². The van der Waals surface area contributed by atoms with Crippen LogP contribution in [-0.4, -0.2) is 18.4 Å². The Morgan fingerprint density at radius 3 is 1.62 bits per heavy atom. The van der Waals surface area contributed by atoms with Crippen molar-refractivity contribution in [1.29, 1.82) is 0 Å². The predicted molar refractivity (Wildman–Crippen MR) is 83.5 cm³/mol. The van der Waals surface area contributed by atoms with Crippen LogP contribution in [-0.2, 0) is 10.4 Å².